The van der Waals surface area contributed by atoms with Crippen LogP contribution in [-0.2, 0) is 0 Å². The van der Waals surface area contributed by atoms with Gasteiger partial charge >= 0.3 is 0 Å². The SMILES string of the molecule is C1=CCC(c2nc(-c3ccccc3)nc(-c3ccc(-c4ccc5ccc(-c6cccc(-c7cc(-c8ccccc8)nc(-c8ccccc8)n7)c6)cc5c4)cc3)n2)C=C1. The molecule has 0 spiro atoms. The number of allylic oxidation sites excluding steroid dienone is 4. The van der Waals surface area contributed by atoms with E-state index < -0.39 is 0 Å². The average Bonchev–Trinajstić information content (AvgIpc) is 3.32. The summed E-state index contributed by atoms with van der Waals surface area (Å²) in [7, 11) is 0. The van der Waals surface area contributed by atoms with Gasteiger partial charge < -0.3 is 0 Å². The third-order valence-electron chi connectivity index (χ3n) is 10.6. The largest absolute Gasteiger partial charge is 0.228 e. The highest BCUT2D eigenvalue weighted by Crippen LogP contribution is 2.34. The number of rotatable bonds is 8. The van der Waals surface area contributed by atoms with Crippen molar-refractivity contribution < 1.29 is 0 Å². The van der Waals surface area contributed by atoms with Crippen molar-refractivity contribution in [2.45, 2.75) is 12.3 Å². The van der Waals surface area contributed by atoms with E-state index in [1.165, 1.54) is 10.8 Å². The molecule has 2 heterocycles. The molecule has 0 bridgehead atoms. The van der Waals surface area contributed by atoms with Gasteiger partial charge in [-0.15, -0.1) is 0 Å². The molecule has 0 saturated heterocycles. The number of hydrogen-bond donors (Lipinski definition) is 0. The van der Waals surface area contributed by atoms with Gasteiger partial charge in [-0.05, 0) is 63.7 Å². The van der Waals surface area contributed by atoms with Gasteiger partial charge in [0.1, 0.15) is 5.82 Å². The molecule has 1 unspecified atom stereocenters. The Hall–Kier alpha value is -7.63. The molecule has 58 heavy (non-hydrogen) atoms. The Balaban J connectivity index is 0.964. The van der Waals surface area contributed by atoms with Crippen LogP contribution in [0.3, 0.4) is 0 Å². The Morgan fingerprint density at radius 2 is 0.810 bits per heavy atom. The molecule has 0 amide bonds. The van der Waals surface area contributed by atoms with Crippen LogP contribution in [0.5, 0.6) is 0 Å². The van der Waals surface area contributed by atoms with Crippen LogP contribution >= 0.6 is 0 Å². The summed E-state index contributed by atoms with van der Waals surface area (Å²) in [4.78, 5) is 24.9. The molecule has 0 saturated carbocycles. The fraction of sp³-hybridized carbons (Fsp3) is 0.0377. The summed E-state index contributed by atoms with van der Waals surface area (Å²) in [5.41, 5.74) is 11.3. The van der Waals surface area contributed by atoms with E-state index in [0.717, 1.165) is 73.7 Å². The van der Waals surface area contributed by atoms with Gasteiger partial charge in [-0.3, -0.25) is 0 Å². The third kappa shape index (κ3) is 7.25. The molecule has 10 rings (SSSR count). The molecule has 9 aromatic rings. The summed E-state index contributed by atoms with van der Waals surface area (Å²) in [6.45, 7) is 0. The van der Waals surface area contributed by atoms with Gasteiger partial charge in [0.15, 0.2) is 17.5 Å². The van der Waals surface area contributed by atoms with Crippen molar-refractivity contribution in [3.05, 3.63) is 212 Å². The zero-order valence-corrected chi connectivity index (χ0v) is 31.7. The highest BCUT2D eigenvalue weighted by atomic mass is 15.0. The zero-order valence-electron chi connectivity index (χ0n) is 31.7. The van der Waals surface area contributed by atoms with Crippen molar-refractivity contribution >= 4 is 10.8 Å². The van der Waals surface area contributed by atoms with Crippen molar-refractivity contribution in [2.24, 2.45) is 0 Å². The normalized spacial score (nSPS) is 13.5. The molecule has 274 valence electrons. The maximum absolute atomic E-state index is 5.07. The Morgan fingerprint density at radius 3 is 1.43 bits per heavy atom. The molecule has 0 N–H and O–H groups in total. The van der Waals surface area contributed by atoms with Crippen LogP contribution in [-0.4, -0.2) is 24.9 Å². The van der Waals surface area contributed by atoms with E-state index in [0.29, 0.717) is 17.5 Å². The fourth-order valence-corrected chi connectivity index (χ4v) is 7.52. The van der Waals surface area contributed by atoms with Crippen molar-refractivity contribution in [3.63, 3.8) is 0 Å². The minimum Gasteiger partial charge on any atom is -0.228 e. The van der Waals surface area contributed by atoms with E-state index in [1.54, 1.807) is 0 Å². The Kier molecular flexibility index (Phi) is 9.30. The lowest BCUT2D eigenvalue weighted by molar-refractivity contribution is 0.764. The van der Waals surface area contributed by atoms with Crippen molar-refractivity contribution in [1.82, 2.24) is 24.9 Å². The smallest absolute Gasteiger partial charge is 0.163 e. The molecule has 1 aliphatic rings. The van der Waals surface area contributed by atoms with Crippen molar-refractivity contribution in [1.29, 1.82) is 0 Å². The molecular formula is C53H37N5. The zero-order chi connectivity index (χ0) is 38.7. The van der Waals surface area contributed by atoms with Crippen LogP contribution < -0.4 is 0 Å². The van der Waals surface area contributed by atoms with Crippen LogP contribution in [0.15, 0.2) is 206 Å². The summed E-state index contributed by atoms with van der Waals surface area (Å²) >= 11 is 0. The summed E-state index contributed by atoms with van der Waals surface area (Å²) in [6, 6.07) is 63.3. The number of fused-ring (bicyclic) bond motifs is 1. The lowest BCUT2D eigenvalue weighted by Gasteiger charge is -2.14. The second-order valence-corrected chi connectivity index (χ2v) is 14.5. The van der Waals surface area contributed by atoms with Crippen molar-refractivity contribution in [3.8, 4) is 78.9 Å². The van der Waals surface area contributed by atoms with Gasteiger partial charge in [0, 0.05) is 33.7 Å². The molecule has 5 heteroatoms. The third-order valence-corrected chi connectivity index (χ3v) is 10.6. The van der Waals surface area contributed by atoms with Crippen molar-refractivity contribution in [2.75, 3.05) is 0 Å². The minimum atomic E-state index is 0.116. The molecular weight excluding hydrogens is 707 g/mol. The number of hydrogen-bond acceptors (Lipinski definition) is 5. The van der Waals surface area contributed by atoms with E-state index in [4.69, 9.17) is 24.9 Å². The highest BCUT2D eigenvalue weighted by Gasteiger charge is 2.18. The standard InChI is InChI=1S/C53H37N5/c1-5-14-38(15-6-1)48-35-49(55-50(54-48)39-16-7-2-8-17-39)46-23-13-22-43(32-46)45-31-27-37-26-30-44(33-47(37)34-45)36-24-28-42(29-25-36)53-57-51(40-18-9-3-10-19-40)56-52(58-53)41-20-11-4-12-21-41/h1-20,22-35,41H,21H2. The minimum absolute atomic E-state index is 0.116. The first-order chi connectivity index (χ1) is 28.7. The van der Waals surface area contributed by atoms with Crippen LogP contribution in [0, 0.1) is 0 Å². The maximum atomic E-state index is 5.07. The van der Waals surface area contributed by atoms with E-state index in [-0.39, 0.29) is 5.92 Å². The number of nitrogens with zero attached hydrogens (tertiary/aromatic N) is 5. The van der Waals surface area contributed by atoms with Gasteiger partial charge in [-0.1, -0.05) is 182 Å². The van der Waals surface area contributed by atoms with Crippen LogP contribution in [0.2, 0.25) is 0 Å². The quantitative estimate of drug-likeness (QED) is 0.155. The molecule has 0 radical (unpaired) electrons. The lowest BCUT2D eigenvalue weighted by atomic mass is 9.96. The predicted molar refractivity (Wildman–Crippen MR) is 237 cm³/mol. The second-order valence-electron chi connectivity index (χ2n) is 14.5. The first-order valence-electron chi connectivity index (χ1n) is 19.6. The van der Waals surface area contributed by atoms with Gasteiger partial charge in [0.25, 0.3) is 0 Å². The van der Waals surface area contributed by atoms with Gasteiger partial charge in [-0.25, -0.2) is 24.9 Å². The Labute approximate surface area is 337 Å². The topological polar surface area (TPSA) is 64.5 Å². The summed E-state index contributed by atoms with van der Waals surface area (Å²) in [5.74, 6) is 2.98. The average molecular weight is 744 g/mol. The lowest BCUT2D eigenvalue weighted by Crippen LogP contribution is -2.07. The molecule has 2 aromatic heterocycles. The van der Waals surface area contributed by atoms with Gasteiger partial charge in [-0.2, -0.15) is 0 Å². The number of benzene rings is 7. The molecule has 0 aliphatic heterocycles. The molecule has 0 fully saturated rings. The summed E-state index contributed by atoms with van der Waals surface area (Å²) < 4.78 is 0. The van der Waals surface area contributed by atoms with E-state index >= 15 is 0 Å². The summed E-state index contributed by atoms with van der Waals surface area (Å²) in [5, 5.41) is 2.36. The molecule has 1 aliphatic carbocycles. The van der Waals surface area contributed by atoms with Gasteiger partial charge in [0.2, 0.25) is 0 Å². The molecule has 1 atom stereocenters. The second kappa shape index (κ2) is 15.5. The number of aromatic nitrogens is 5. The summed E-state index contributed by atoms with van der Waals surface area (Å²) in [6.07, 6.45) is 9.35. The van der Waals surface area contributed by atoms with E-state index in [2.05, 4.69) is 140 Å². The van der Waals surface area contributed by atoms with Gasteiger partial charge in [0.05, 0.1) is 11.4 Å². The Bertz CT molecular complexity index is 2900. The first-order valence-corrected chi connectivity index (χ1v) is 19.6. The predicted octanol–water partition coefficient (Wildman–Crippen LogP) is 13.1. The molecule has 7 aromatic carbocycles. The van der Waals surface area contributed by atoms with Crippen LogP contribution in [0.4, 0.5) is 0 Å². The van der Waals surface area contributed by atoms with Crippen LogP contribution in [0.1, 0.15) is 18.2 Å². The maximum Gasteiger partial charge on any atom is 0.163 e. The van der Waals surface area contributed by atoms with E-state index in [1.807, 2.05) is 66.7 Å². The van der Waals surface area contributed by atoms with Crippen LogP contribution in [0.25, 0.3) is 89.7 Å². The monoisotopic (exact) mass is 743 g/mol. The fourth-order valence-electron chi connectivity index (χ4n) is 7.52. The first kappa shape index (κ1) is 34.8. The van der Waals surface area contributed by atoms with E-state index in [9.17, 15) is 0 Å². The highest BCUT2D eigenvalue weighted by molar-refractivity contribution is 5.91. The Morgan fingerprint density at radius 1 is 0.328 bits per heavy atom. The molecule has 5 nitrogen and oxygen atoms in total.